The zero-order valence-corrected chi connectivity index (χ0v) is 15.2. The lowest BCUT2D eigenvalue weighted by Crippen LogP contribution is -2.53. The molecule has 1 unspecified atom stereocenters. The van der Waals surface area contributed by atoms with Gasteiger partial charge in [-0.25, -0.2) is 4.39 Å². The Bertz CT molecular complexity index is 710. The Balaban J connectivity index is 2.15. The second-order valence-electron chi connectivity index (χ2n) is 6.93. The Hall–Kier alpha value is -2.46. The normalized spacial score (nSPS) is 17.3. The van der Waals surface area contributed by atoms with Crippen molar-refractivity contribution in [1.29, 1.82) is 5.26 Å². The van der Waals surface area contributed by atoms with Gasteiger partial charge in [-0.15, -0.1) is 0 Å². The van der Waals surface area contributed by atoms with E-state index in [9.17, 15) is 19.2 Å². The summed E-state index contributed by atoms with van der Waals surface area (Å²) in [5.74, 6) is -1.41. The zero-order chi connectivity index (χ0) is 19.3. The number of rotatable bonds is 6. The smallest absolute Gasteiger partial charge is 0.239 e. The maximum Gasteiger partial charge on any atom is 0.239 e. The Morgan fingerprint density at radius 2 is 1.96 bits per heavy atom. The standard InChI is InChI=1S/C19H25FN4O2/c1-23(17(18(22)26)14-7-6-8-15(20)11-14)12-16(25)24(2)19(13-21)9-4-3-5-10-19/h6-8,11,17H,3-5,9-10,12H2,1-2H3,(H2,22,26). The topological polar surface area (TPSA) is 90.4 Å². The van der Waals surface area contributed by atoms with Gasteiger partial charge in [0.25, 0.3) is 0 Å². The number of carbonyl (C=O) groups excluding carboxylic acids is 2. The van der Waals surface area contributed by atoms with Gasteiger partial charge in [0.1, 0.15) is 17.4 Å². The number of halogens is 1. The van der Waals surface area contributed by atoms with E-state index in [-0.39, 0.29) is 12.5 Å². The van der Waals surface area contributed by atoms with Gasteiger partial charge in [0.05, 0.1) is 12.6 Å². The molecular weight excluding hydrogens is 335 g/mol. The lowest BCUT2D eigenvalue weighted by Gasteiger charge is -2.40. The Morgan fingerprint density at radius 3 is 2.50 bits per heavy atom. The Labute approximate surface area is 153 Å². The fraction of sp³-hybridized carbons (Fsp3) is 0.526. The van der Waals surface area contributed by atoms with Crippen LogP contribution in [0.15, 0.2) is 24.3 Å². The number of carbonyl (C=O) groups is 2. The predicted molar refractivity (Wildman–Crippen MR) is 95.2 cm³/mol. The highest BCUT2D eigenvalue weighted by Crippen LogP contribution is 2.32. The minimum atomic E-state index is -0.924. The molecule has 0 radical (unpaired) electrons. The number of nitrogens with two attached hydrogens (primary N) is 1. The second kappa shape index (κ2) is 8.28. The van der Waals surface area contributed by atoms with Gasteiger partial charge in [-0.3, -0.25) is 14.5 Å². The molecule has 1 aromatic rings. The van der Waals surface area contributed by atoms with Gasteiger partial charge < -0.3 is 10.6 Å². The lowest BCUT2D eigenvalue weighted by atomic mass is 9.81. The average molecular weight is 360 g/mol. The molecule has 2 N–H and O–H groups in total. The maximum atomic E-state index is 13.5. The van der Waals surface area contributed by atoms with Crippen LogP contribution in [0.25, 0.3) is 0 Å². The molecule has 1 atom stereocenters. The number of likely N-dealkylation sites (N-methyl/N-ethyl adjacent to an activating group) is 2. The van der Waals surface area contributed by atoms with Crippen LogP contribution in [0.3, 0.4) is 0 Å². The predicted octanol–water partition coefficient (Wildman–Crippen LogP) is 1.97. The number of hydrogen-bond donors (Lipinski definition) is 1. The molecule has 140 valence electrons. The summed E-state index contributed by atoms with van der Waals surface area (Å²) < 4.78 is 13.5. The molecule has 26 heavy (non-hydrogen) atoms. The van der Waals surface area contributed by atoms with Crippen molar-refractivity contribution in [3.05, 3.63) is 35.6 Å². The van der Waals surface area contributed by atoms with Crippen molar-refractivity contribution in [1.82, 2.24) is 9.80 Å². The number of hydrogen-bond acceptors (Lipinski definition) is 4. The van der Waals surface area contributed by atoms with E-state index < -0.39 is 23.3 Å². The van der Waals surface area contributed by atoms with Crippen molar-refractivity contribution >= 4 is 11.8 Å². The van der Waals surface area contributed by atoms with Crippen LogP contribution in [0.2, 0.25) is 0 Å². The number of nitrogens with zero attached hydrogens (tertiary/aromatic N) is 3. The molecule has 0 spiro atoms. The molecule has 1 fully saturated rings. The second-order valence-corrected chi connectivity index (χ2v) is 6.93. The number of amides is 2. The summed E-state index contributed by atoms with van der Waals surface area (Å²) >= 11 is 0. The molecule has 0 aromatic heterocycles. The van der Waals surface area contributed by atoms with Crippen molar-refractivity contribution in [2.45, 2.75) is 43.7 Å². The van der Waals surface area contributed by atoms with Crippen LogP contribution in [0.4, 0.5) is 4.39 Å². The van der Waals surface area contributed by atoms with Crippen LogP contribution in [0.1, 0.15) is 43.7 Å². The van der Waals surface area contributed by atoms with E-state index in [1.807, 2.05) is 0 Å². The van der Waals surface area contributed by atoms with Crippen LogP contribution in [0.5, 0.6) is 0 Å². The number of benzene rings is 1. The molecule has 0 aliphatic heterocycles. The Morgan fingerprint density at radius 1 is 1.31 bits per heavy atom. The van der Waals surface area contributed by atoms with Crippen molar-refractivity contribution in [3.63, 3.8) is 0 Å². The van der Waals surface area contributed by atoms with E-state index in [1.54, 1.807) is 20.2 Å². The Kier molecular flexibility index (Phi) is 6.32. The van der Waals surface area contributed by atoms with Gasteiger partial charge in [0.15, 0.2) is 0 Å². The van der Waals surface area contributed by atoms with Crippen molar-refractivity contribution in [3.8, 4) is 6.07 Å². The van der Waals surface area contributed by atoms with Gasteiger partial charge >= 0.3 is 0 Å². The third-order valence-electron chi connectivity index (χ3n) is 5.16. The molecule has 1 aliphatic rings. The summed E-state index contributed by atoms with van der Waals surface area (Å²) in [6.45, 7) is -0.0932. The third-order valence-corrected chi connectivity index (χ3v) is 5.16. The molecule has 2 rings (SSSR count). The van der Waals surface area contributed by atoms with Crippen LogP contribution in [0, 0.1) is 17.1 Å². The monoisotopic (exact) mass is 360 g/mol. The molecule has 1 aliphatic carbocycles. The first-order chi connectivity index (χ1) is 12.3. The highest BCUT2D eigenvalue weighted by molar-refractivity contribution is 5.84. The summed E-state index contributed by atoms with van der Waals surface area (Å²) in [5, 5.41) is 9.63. The highest BCUT2D eigenvalue weighted by atomic mass is 19.1. The number of primary amides is 1. The van der Waals surface area contributed by atoms with Crippen LogP contribution < -0.4 is 5.73 Å². The average Bonchev–Trinajstić information content (AvgIpc) is 2.61. The van der Waals surface area contributed by atoms with E-state index in [0.29, 0.717) is 18.4 Å². The van der Waals surface area contributed by atoms with E-state index in [4.69, 9.17) is 5.73 Å². The molecule has 0 heterocycles. The highest BCUT2D eigenvalue weighted by Gasteiger charge is 2.39. The van der Waals surface area contributed by atoms with E-state index in [1.165, 1.54) is 28.0 Å². The summed E-state index contributed by atoms with van der Waals surface area (Å²) in [6, 6.07) is 6.99. The first-order valence-electron chi connectivity index (χ1n) is 8.73. The van der Waals surface area contributed by atoms with Crippen LogP contribution in [-0.2, 0) is 9.59 Å². The number of nitriles is 1. The molecule has 0 saturated heterocycles. The maximum absolute atomic E-state index is 13.5. The van der Waals surface area contributed by atoms with Crippen LogP contribution in [-0.4, -0.2) is 47.8 Å². The largest absolute Gasteiger partial charge is 0.368 e. The summed E-state index contributed by atoms with van der Waals surface area (Å²) in [7, 11) is 3.22. The summed E-state index contributed by atoms with van der Waals surface area (Å²) in [4.78, 5) is 27.6. The summed E-state index contributed by atoms with van der Waals surface area (Å²) in [5.41, 5.74) is 5.08. The van der Waals surface area contributed by atoms with Gasteiger partial charge in [-0.2, -0.15) is 5.26 Å². The van der Waals surface area contributed by atoms with Gasteiger partial charge in [-0.1, -0.05) is 31.4 Å². The van der Waals surface area contributed by atoms with Crippen molar-refractivity contribution in [2.75, 3.05) is 20.6 Å². The van der Waals surface area contributed by atoms with Crippen LogP contribution >= 0.6 is 0 Å². The van der Waals surface area contributed by atoms with E-state index in [0.717, 1.165) is 19.3 Å². The fourth-order valence-electron chi connectivity index (χ4n) is 3.62. The van der Waals surface area contributed by atoms with Crippen molar-refractivity contribution < 1.29 is 14.0 Å². The van der Waals surface area contributed by atoms with E-state index >= 15 is 0 Å². The first-order valence-corrected chi connectivity index (χ1v) is 8.73. The molecular formula is C19H25FN4O2. The molecule has 0 bridgehead atoms. The fourth-order valence-corrected chi connectivity index (χ4v) is 3.62. The molecule has 2 amide bonds. The molecule has 7 heteroatoms. The van der Waals surface area contributed by atoms with Gasteiger partial charge in [0, 0.05) is 7.05 Å². The molecule has 1 saturated carbocycles. The zero-order valence-electron chi connectivity index (χ0n) is 15.2. The quantitative estimate of drug-likeness (QED) is 0.840. The first kappa shape index (κ1) is 19.9. The third kappa shape index (κ3) is 4.20. The minimum Gasteiger partial charge on any atom is -0.368 e. The lowest BCUT2D eigenvalue weighted by molar-refractivity contribution is -0.137. The van der Waals surface area contributed by atoms with E-state index in [2.05, 4.69) is 6.07 Å². The van der Waals surface area contributed by atoms with Gasteiger partial charge in [-0.05, 0) is 37.6 Å². The van der Waals surface area contributed by atoms with Crippen molar-refractivity contribution in [2.24, 2.45) is 5.73 Å². The molecule has 6 nitrogen and oxygen atoms in total. The summed E-state index contributed by atoms with van der Waals surface area (Å²) in [6.07, 6.45) is 4.19. The molecule has 1 aromatic carbocycles. The SMILES string of the molecule is CN(CC(=O)N(C)C1(C#N)CCCCC1)C(C(N)=O)c1cccc(F)c1. The minimum absolute atomic E-state index is 0.0932. The van der Waals surface area contributed by atoms with Gasteiger partial charge in [0.2, 0.25) is 11.8 Å².